The standard InChI is InChI=1S/C10H9N3O3/c14-7-3-6-5(1-2-11-9(6)15)8-10(16)12-4-13(7)8/h1-2,6H,3-4H2,(H,11,15)(H,12,16). The average Bonchev–Trinajstić information content (AvgIpc) is 2.64. The van der Waals surface area contributed by atoms with Gasteiger partial charge in [0.05, 0.1) is 12.6 Å². The minimum absolute atomic E-state index is 0.129. The number of amides is 3. The molecule has 3 amide bonds. The van der Waals surface area contributed by atoms with Crippen LogP contribution in [0.3, 0.4) is 0 Å². The van der Waals surface area contributed by atoms with Gasteiger partial charge in [0.25, 0.3) is 5.91 Å². The predicted octanol–water partition coefficient (Wildman–Crippen LogP) is -1.18. The van der Waals surface area contributed by atoms with Gasteiger partial charge in [0, 0.05) is 12.6 Å². The van der Waals surface area contributed by atoms with E-state index in [1.807, 2.05) is 0 Å². The van der Waals surface area contributed by atoms with Gasteiger partial charge < -0.3 is 10.6 Å². The molecule has 1 unspecified atom stereocenters. The molecule has 0 spiro atoms. The monoisotopic (exact) mass is 219 g/mol. The number of rotatable bonds is 0. The smallest absolute Gasteiger partial charge is 0.269 e. The van der Waals surface area contributed by atoms with Crippen molar-refractivity contribution in [1.29, 1.82) is 0 Å². The summed E-state index contributed by atoms with van der Waals surface area (Å²) in [5.41, 5.74) is 0.964. The number of nitrogens with zero attached hydrogens (tertiary/aromatic N) is 1. The Kier molecular flexibility index (Phi) is 1.68. The third kappa shape index (κ3) is 1.04. The fourth-order valence-corrected chi connectivity index (χ4v) is 2.24. The van der Waals surface area contributed by atoms with E-state index in [2.05, 4.69) is 10.6 Å². The molecule has 2 N–H and O–H groups in total. The minimum Gasteiger partial charge on any atom is -0.333 e. The van der Waals surface area contributed by atoms with Crippen LogP contribution in [0.15, 0.2) is 23.5 Å². The zero-order chi connectivity index (χ0) is 11.3. The molecule has 0 aliphatic carbocycles. The molecule has 3 aliphatic heterocycles. The van der Waals surface area contributed by atoms with Crippen LogP contribution in [0.2, 0.25) is 0 Å². The predicted molar refractivity (Wildman–Crippen MR) is 52.3 cm³/mol. The summed E-state index contributed by atoms with van der Waals surface area (Å²) in [6, 6.07) is 0. The zero-order valence-corrected chi connectivity index (χ0v) is 8.32. The summed E-state index contributed by atoms with van der Waals surface area (Å²) < 4.78 is 0. The SMILES string of the molecule is O=C1NCN2C(=O)CC3C(=O)NC=CC3=C12. The van der Waals surface area contributed by atoms with E-state index in [9.17, 15) is 14.4 Å². The molecule has 16 heavy (non-hydrogen) atoms. The third-order valence-corrected chi connectivity index (χ3v) is 3.02. The highest BCUT2D eigenvalue weighted by atomic mass is 16.2. The van der Waals surface area contributed by atoms with Crippen LogP contribution in [0.4, 0.5) is 0 Å². The van der Waals surface area contributed by atoms with Gasteiger partial charge in [-0.25, -0.2) is 0 Å². The van der Waals surface area contributed by atoms with E-state index in [1.54, 1.807) is 6.08 Å². The Bertz CT molecular complexity index is 478. The Morgan fingerprint density at radius 3 is 2.94 bits per heavy atom. The maximum Gasteiger partial charge on any atom is 0.269 e. The molecule has 3 heterocycles. The maximum atomic E-state index is 11.7. The number of nitrogens with one attached hydrogen (secondary N) is 2. The second kappa shape index (κ2) is 2.94. The van der Waals surface area contributed by atoms with Crippen LogP contribution < -0.4 is 10.6 Å². The second-order valence-corrected chi connectivity index (χ2v) is 3.89. The van der Waals surface area contributed by atoms with Crippen LogP contribution in [0.1, 0.15) is 6.42 Å². The van der Waals surface area contributed by atoms with Gasteiger partial charge in [0.2, 0.25) is 11.8 Å². The molecule has 0 bridgehead atoms. The van der Waals surface area contributed by atoms with Gasteiger partial charge in [0.1, 0.15) is 5.70 Å². The van der Waals surface area contributed by atoms with Crippen molar-refractivity contribution >= 4 is 17.7 Å². The second-order valence-electron chi connectivity index (χ2n) is 3.89. The lowest BCUT2D eigenvalue weighted by Gasteiger charge is -2.30. The first kappa shape index (κ1) is 9.14. The van der Waals surface area contributed by atoms with Gasteiger partial charge in [-0.05, 0) is 11.6 Å². The number of carbonyl (C=O) groups excluding carboxylic acids is 3. The molecular formula is C10H9N3O3. The van der Waals surface area contributed by atoms with E-state index >= 15 is 0 Å². The van der Waals surface area contributed by atoms with Gasteiger partial charge in [-0.3, -0.25) is 19.3 Å². The Hall–Kier alpha value is -2.11. The Morgan fingerprint density at radius 2 is 2.12 bits per heavy atom. The Balaban J connectivity index is 2.19. The van der Waals surface area contributed by atoms with Crippen LogP contribution in [-0.2, 0) is 14.4 Å². The van der Waals surface area contributed by atoms with E-state index in [4.69, 9.17) is 0 Å². The van der Waals surface area contributed by atoms with Crippen molar-refractivity contribution in [1.82, 2.24) is 15.5 Å². The summed E-state index contributed by atoms with van der Waals surface area (Å²) in [6.07, 6.45) is 3.32. The van der Waals surface area contributed by atoms with Crippen molar-refractivity contribution in [2.45, 2.75) is 6.42 Å². The molecule has 1 saturated heterocycles. The maximum absolute atomic E-state index is 11.7. The molecule has 0 aromatic rings. The summed E-state index contributed by atoms with van der Waals surface area (Å²) in [5.74, 6) is -1.22. The van der Waals surface area contributed by atoms with Crippen molar-refractivity contribution < 1.29 is 14.4 Å². The third-order valence-electron chi connectivity index (χ3n) is 3.02. The number of hydrogen-bond donors (Lipinski definition) is 2. The summed E-state index contributed by atoms with van der Waals surface area (Å²) in [7, 11) is 0. The van der Waals surface area contributed by atoms with Gasteiger partial charge in [-0.2, -0.15) is 0 Å². The van der Waals surface area contributed by atoms with E-state index < -0.39 is 5.92 Å². The van der Waals surface area contributed by atoms with Crippen molar-refractivity contribution in [2.75, 3.05) is 6.67 Å². The molecule has 3 rings (SSSR count). The molecule has 1 atom stereocenters. The fourth-order valence-electron chi connectivity index (χ4n) is 2.24. The molecule has 0 saturated carbocycles. The Morgan fingerprint density at radius 1 is 1.31 bits per heavy atom. The van der Waals surface area contributed by atoms with E-state index in [1.165, 1.54) is 11.1 Å². The van der Waals surface area contributed by atoms with Gasteiger partial charge in [-0.1, -0.05) is 0 Å². The number of hydrogen-bond acceptors (Lipinski definition) is 3. The molecule has 3 aliphatic rings. The topological polar surface area (TPSA) is 78.5 Å². The zero-order valence-electron chi connectivity index (χ0n) is 8.32. The van der Waals surface area contributed by atoms with Crippen LogP contribution in [0, 0.1) is 5.92 Å². The molecule has 6 heteroatoms. The van der Waals surface area contributed by atoms with E-state index in [0.717, 1.165) is 0 Å². The first-order chi connectivity index (χ1) is 7.68. The lowest BCUT2D eigenvalue weighted by atomic mass is 9.87. The number of allylic oxidation sites excluding steroid dienone is 1. The highest BCUT2D eigenvalue weighted by molar-refractivity contribution is 6.05. The fraction of sp³-hybridized carbons (Fsp3) is 0.300. The van der Waals surface area contributed by atoms with Crippen molar-refractivity contribution in [2.24, 2.45) is 5.92 Å². The van der Waals surface area contributed by atoms with Crippen LogP contribution >= 0.6 is 0 Å². The minimum atomic E-state index is -0.521. The average molecular weight is 219 g/mol. The van der Waals surface area contributed by atoms with Crippen LogP contribution in [0.5, 0.6) is 0 Å². The van der Waals surface area contributed by atoms with Crippen molar-refractivity contribution in [3.8, 4) is 0 Å². The van der Waals surface area contributed by atoms with Gasteiger partial charge in [-0.15, -0.1) is 0 Å². The van der Waals surface area contributed by atoms with E-state index in [-0.39, 0.29) is 30.8 Å². The molecule has 0 aromatic carbocycles. The molecule has 0 aromatic heterocycles. The quantitative estimate of drug-likeness (QED) is 0.538. The van der Waals surface area contributed by atoms with Gasteiger partial charge >= 0.3 is 0 Å². The first-order valence-electron chi connectivity index (χ1n) is 4.98. The Labute approximate surface area is 91.0 Å². The summed E-state index contributed by atoms with van der Waals surface area (Å²) >= 11 is 0. The molecule has 1 fully saturated rings. The molecular weight excluding hydrogens is 210 g/mol. The highest BCUT2D eigenvalue weighted by Gasteiger charge is 2.42. The highest BCUT2D eigenvalue weighted by Crippen LogP contribution is 2.33. The van der Waals surface area contributed by atoms with Crippen LogP contribution in [-0.4, -0.2) is 29.3 Å². The molecule has 0 radical (unpaired) electrons. The van der Waals surface area contributed by atoms with Gasteiger partial charge in [0.15, 0.2) is 0 Å². The lowest BCUT2D eigenvalue weighted by Crippen LogP contribution is -2.42. The summed E-state index contributed by atoms with van der Waals surface area (Å²) in [4.78, 5) is 36.3. The summed E-state index contributed by atoms with van der Waals surface area (Å²) in [5, 5.41) is 5.12. The largest absolute Gasteiger partial charge is 0.333 e. The van der Waals surface area contributed by atoms with Crippen molar-refractivity contribution in [3.63, 3.8) is 0 Å². The number of fused-ring (bicyclic) bond motifs is 2. The molecule has 6 nitrogen and oxygen atoms in total. The lowest BCUT2D eigenvalue weighted by molar-refractivity contribution is -0.135. The van der Waals surface area contributed by atoms with E-state index in [0.29, 0.717) is 11.3 Å². The first-order valence-corrected chi connectivity index (χ1v) is 4.98. The normalized spacial score (nSPS) is 27.6. The van der Waals surface area contributed by atoms with Crippen molar-refractivity contribution in [3.05, 3.63) is 23.5 Å². The summed E-state index contributed by atoms with van der Waals surface area (Å²) in [6.45, 7) is 0.207. The molecule has 82 valence electrons. The number of carbonyl (C=O) groups is 3. The van der Waals surface area contributed by atoms with Crippen LogP contribution in [0.25, 0.3) is 0 Å².